The van der Waals surface area contributed by atoms with Crippen molar-refractivity contribution in [2.45, 2.75) is 0 Å². The van der Waals surface area contributed by atoms with Gasteiger partial charge in [-0.15, -0.1) is 0 Å². The second kappa shape index (κ2) is 8.05. The molecule has 3 aromatic rings. The van der Waals surface area contributed by atoms with E-state index in [9.17, 15) is 15.2 Å². The molecule has 0 spiro atoms. The average Bonchev–Trinajstić information content (AvgIpc) is 2.73. The first kappa shape index (κ1) is 18.7. The topological polar surface area (TPSA) is 115 Å². The predicted octanol–water partition coefficient (Wildman–Crippen LogP) is 3.52. The lowest BCUT2D eigenvalue weighted by Gasteiger charge is -2.14. The molecule has 0 aliphatic heterocycles. The van der Waals surface area contributed by atoms with Gasteiger partial charge in [0.1, 0.15) is 17.4 Å². The zero-order valence-corrected chi connectivity index (χ0v) is 15.0. The lowest BCUT2D eigenvalue weighted by atomic mass is 9.99. The lowest BCUT2D eigenvalue weighted by Crippen LogP contribution is -2.06. The highest BCUT2D eigenvalue weighted by Gasteiger charge is 2.22. The summed E-state index contributed by atoms with van der Waals surface area (Å²) in [7, 11) is 2.69. The van der Waals surface area contributed by atoms with Crippen molar-refractivity contribution in [3.63, 3.8) is 0 Å². The van der Waals surface area contributed by atoms with Crippen LogP contribution in [0.2, 0.25) is 0 Å². The molecule has 1 aromatic heterocycles. The summed E-state index contributed by atoms with van der Waals surface area (Å²) in [4.78, 5) is 19.9. The van der Waals surface area contributed by atoms with Crippen molar-refractivity contribution in [2.24, 2.45) is 0 Å². The third-order valence-corrected chi connectivity index (χ3v) is 3.84. The van der Waals surface area contributed by atoms with Crippen LogP contribution in [0.25, 0.3) is 11.1 Å². The van der Waals surface area contributed by atoms with Crippen LogP contribution in [0.3, 0.4) is 0 Å². The first-order chi connectivity index (χ1) is 13.6. The SMILES string of the molecule is COc1nc(OC)c(C#N)c(Oc2cccc(-c3ccccc3)c2C(=O)O)n1. The highest BCUT2D eigenvalue weighted by Crippen LogP contribution is 2.36. The number of aromatic carboxylic acids is 1. The summed E-state index contributed by atoms with van der Waals surface area (Å²) < 4.78 is 15.8. The zero-order chi connectivity index (χ0) is 20.1. The summed E-state index contributed by atoms with van der Waals surface area (Å²) >= 11 is 0. The van der Waals surface area contributed by atoms with Gasteiger partial charge in [0.15, 0.2) is 5.56 Å². The molecule has 140 valence electrons. The third-order valence-electron chi connectivity index (χ3n) is 3.84. The maximum atomic E-state index is 12.0. The Morgan fingerprint density at radius 1 is 1.00 bits per heavy atom. The van der Waals surface area contributed by atoms with E-state index in [0.29, 0.717) is 11.1 Å². The van der Waals surface area contributed by atoms with Crippen molar-refractivity contribution in [2.75, 3.05) is 14.2 Å². The van der Waals surface area contributed by atoms with Crippen LogP contribution in [0.4, 0.5) is 0 Å². The Bertz CT molecular complexity index is 1060. The van der Waals surface area contributed by atoms with Gasteiger partial charge in [-0.25, -0.2) is 4.79 Å². The first-order valence-electron chi connectivity index (χ1n) is 8.08. The highest BCUT2D eigenvalue weighted by molar-refractivity contribution is 5.99. The fourth-order valence-corrected chi connectivity index (χ4v) is 2.61. The van der Waals surface area contributed by atoms with E-state index in [4.69, 9.17) is 14.2 Å². The molecule has 3 rings (SSSR count). The zero-order valence-electron chi connectivity index (χ0n) is 15.0. The summed E-state index contributed by atoms with van der Waals surface area (Å²) in [6.07, 6.45) is 0. The van der Waals surface area contributed by atoms with Crippen LogP contribution >= 0.6 is 0 Å². The van der Waals surface area contributed by atoms with Gasteiger partial charge in [0.25, 0.3) is 0 Å². The predicted molar refractivity (Wildman–Crippen MR) is 98.8 cm³/mol. The third kappa shape index (κ3) is 3.54. The van der Waals surface area contributed by atoms with Crippen LogP contribution < -0.4 is 14.2 Å². The van der Waals surface area contributed by atoms with E-state index >= 15 is 0 Å². The largest absolute Gasteiger partial charge is 0.480 e. The lowest BCUT2D eigenvalue weighted by molar-refractivity contribution is 0.0695. The molecular formula is C20H15N3O5. The number of hydrogen-bond donors (Lipinski definition) is 1. The van der Waals surface area contributed by atoms with Crippen LogP contribution in [0.1, 0.15) is 15.9 Å². The fraction of sp³-hybridized carbons (Fsp3) is 0.100. The molecule has 28 heavy (non-hydrogen) atoms. The molecule has 0 aliphatic rings. The van der Waals surface area contributed by atoms with E-state index < -0.39 is 5.97 Å². The Balaban J connectivity index is 2.17. The van der Waals surface area contributed by atoms with Gasteiger partial charge in [0, 0.05) is 0 Å². The molecule has 0 fully saturated rings. The van der Waals surface area contributed by atoms with E-state index in [1.54, 1.807) is 24.3 Å². The second-order valence-electron chi connectivity index (χ2n) is 5.46. The minimum Gasteiger partial charge on any atom is -0.480 e. The number of carbonyl (C=O) groups is 1. The number of aromatic nitrogens is 2. The van der Waals surface area contributed by atoms with Crippen molar-refractivity contribution < 1.29 is 24.1 Å². The van der Waals surface area contributed by atoms with Crippen LogP contribution in [0, 0.1) is 11.3 Å². The number of carboxylic acids is 1. The Kier molecular flexibility index (Phi) is 5.37. The summed E-state index contributed by atoms with van der Waals surface area (Å²) in [6.45, 7) is 0. The smallest absolute Gasteiger partial charge is 0.340 e. The number of nitriles is 1. The quantitative estimate of drug-likeness (QED) is 0.694. The number of methoxy groups -OCH3 is 2. The van der Waals surface area contributed by atoms with Crippen LogP contribution in [-0.2, 0) is 0 Å². The summed E-state index contributed by atoms with van der Waals surface area (Å²) in [5, 5.41) is 19.2. The number of nitrogens with zero attached hydrogens (tertiary/aromatic N) is 3. The van der Waals surface area contributed by atoms with E-state index in [0.717, 1.165) is 0 Å². The van der Waals surface area contributed by atoms with Crippen molar-refractivity contribution in [1.82, 2.24) is 9.97 Å². The molecule has 1 N–H and O–H groups in total. The molecular weight excluding hydrogens is 362 g/mol. The number of rotatable bonds is 6. The van der Waals surface area contributed by atoms with Crippen LogP contribution in [-0.4, -0.2) is 35.3 Å². The molecule has 0 saturated carbocycles. The van der Waals surface area contributed by atoms with Gasteiger partial charge in [-0.3, -0.25) is 0 Å². The van der Waals surface area contributed by atoms with Gasteiger partial charge in [-0.1, -0.05) is 42.5 Å². The molecule has 2 aromatic carbocycles. The van der Waals surface area contributed by atoms with Gasteiger partial charge in [-0.2, -0.15) is 15.2 Å². The van der Waals surface area contributed by atoms with Gasteiger partial charge in [0.2, 0.25) is 11.8 Å². The number of hydrogen-bond acceptors (Lipinski definition) is 7. The van der Waals surface area contributed by atoms with Gasteiger partial charge < -0.3 is 19.3 Å². The average molecular weight is 377 g/mol. The van der Waals surface area contributed by atoms with Gasteiger partial charge in [-0.05, 0) is 17.2 Å². The summed E-state index contributed by atoms with van der Waals surface area (Å²) in [5.41, 5.74) is 1.04. The second-order valence-corrected chi connectivity index (χ2v) is 5.46. The molecule has 1 heterocycles. The molecule has 0 radical (unpaired) electrons. The number of ether oxygens (including phenoxy) is 3. The maximum absolute atomic E-state index is 12.0. The monoisotopic (exact) mass is 377 g/mol. The van der Waals surface area contributed by atoms with Crippen LogP contribution in [0.5, 0.6) is 23.5 Å². The Hall–Kier alpha value is -4.12. The Morgan fingerprint density at radius 3 is 2.32 bits per heavy atom. The summed E-state index contributed by atoms with van der Waals surface area (Å²) in [6, 6.07) is 15.7. The standard InChI is InChI=1S/C20H15N3O5/c1-26-17-14(11-21)18(23-20(22-17)27-2)28-15-10-6-9-13(16(15)19(24)25)12-7-4-3-5-8-12/h3-10H,1-2H3,(H,24,25). The Labute approximate surface area is 160 Å². The van der Waals surface area contributed by atoms with E-state index in [2.05, 4.69) is 9.97 Å². The van der Waals surface area contributed by atoms with Crippen molar-refractivity contribution in [3.05, 3.63) is 59.7 Å². The van der Waals surface area contributed by atoms with Crippen LogP contribution in [0.15, 0.2) is 48.5 Å². The molecule has 0 atom stereocenters. The number of benzene rings is 2. The maximum Gasteiger partial charge on any atom is 0.340 e. The molecule has 0 amide bonds. The minimum absolute atomic E-state index is 0.0214. The van der Waals surface area contributed by atoms with Gasteiger partial charge >= 0.3 is 12.0 Å². The van der Waals surface area contributed by atoms with Crippen molar-refractivity contribution in [3.8, 4) is 40.7 Å². The fourth-order valence-electron chi connectivity index (χ4n) is 2.61. The Morgan fingerprint density at radius 2 is 1.71 bits per heavy atom. The molecule has 8 heteroatoms. The molecule has 0 saturated heterocycles. The minimum atomic E-state index is -1.18. The van der Waals surface area contributed by atoms with E-state index in [1.807, 2.05) is 24.3 Å². The van der Waals surface area contributed by atoms with Crippen molar-refractivity contribution >= 4 is 5.97 Å². The highest BCUT2D eigenvalue weighted by atomic mass is 16.5. The number of carboxylic acid groups (broad SMARTS) is 1. The van der Waals surface area contributed by atoms with Crippen molar-refractivity contribution in [1.29, 1.82) is 5.26 Å². The van der Waals surface area contributed by atoms with Gasteiger partial charge in [0.05, 0.1) is 14.2 Å². The molecule has 8 nitrogen and oxygen atoms in total. The molecule has 0 bridgehead atoms. The normalized spacial score (nSPS) is 10.0. The first-order valence-corrected chi connectivity index (χ1v) is 8.08. The molecule has 0 unspecified atom stereocenters. The van der Waals surface area contributed by atoms with E-state index in [-0.39, 0.29) is 34.6 Å². The summed E-state index contributed by atoms with van der Waals surface area (Å²) in [5.74, 6) is -1.37. The van der Waals surface area contributed by atoms with E-state index in [1.165, 1.54) is 20.3 Å². The molecule has 0 aliphatic carbocycles.